The molecule has 0 bridgehead atoms. The number of aromatic amines is 2. The van der Waals surface area contributed by atoms with E-state index in [2.05, 4.69) is 19.9 Å². The van der Waals surface area contributed by atoms with Gasteiger partial charge in [0, 0.05) is 11.8 Å². The molecular formula is C9H7N5O2. The van der Waals surface area contributed by atoms with Crippen LogP contribution >= 0.6 is 0 Å². The standard InChI is InChI=1S/C9H7N5O2/c1-4-2-5(15)14-8(16)6-7(11-3-10-6)13-9(14)12-4/h2-3H,1H3,(H,10,11)(H,12,13). The van der Waals surface area contributed by atoms with Crippen molar-refractivity contribution in [2.75, 3.05) is 0 Å². The SMILES string of the molecule is Cc1cc(=O)n2c(=O)c3[nH]cnc3nc2[nH]1. The van der Waals surface area contributed by atoms with E-state index in [9.17, 15) is 9.59 Å². The number of nitrogens with zero attached hydrogens (tertiary/aromatic N) is 3. The summed E-state index contributed by atoms with van der Waals surface area (Å²) >= 11 is 0. The van der Waals surface area contributed by atoms with Gasteiger partial charge in [0.1, 0.15) is 0 Å². The van der Waals surface area contributed by atoms with Gasteiger partial charge >= 0.3 is 0 Å². The van der Waals surface area contributed by atoms with Gasteiger partial charge in [-0.2, -0.15) is 4.98 Å². The predicted octanol–water partition coefficient (Wildman–Crippen LogP) is -0.432. The lowest BCUT2D eigenvalue weighted by atomic mass is 10.4. The summed E-state index contributed by atoms with van der Waals surface area (Å²) in [6, 6.07) is 1.35. The summed E-state index contributed by atoms with van der Waals surface area (Å²) in [7, 11) is 0. The van der Waals surface area contributed by atoms with E-state index in [0.717, 1.165) is 4.40 Å². The van der Waals surface area contributed by atoms with Gasteiger partial charge in [-0.3, -0.25) is 9.59 Å². The maximum absolute atomic E-state index is 11.9. The smallest absolute Gasteiger partial charge is 0.288 e. The molecule has 0 aliphatic rings. The molecule has 80 valence electrons. The minimum atomic E-state index is -0.446. The maximum Gasteiger partial charge on any atom is 0.288 e. The van der Waals surface area contributed by atoms with Crippen LogP contribution in [0.25, 0.3) is 16.9 Å². The number of hydrogen-bond acceptors (Lipinski definition) is 4. The zero-order chi connectivity index (χ0) is 11.3. The van der Waals surface area contributed by atoms with Crippen LogP contribution in [0.5, 0.6) is 0 Å². The van der Waals surface area contributed by atoms with Gasteiger partial charge < -0.3 is 9.97 Å². The van der Waals surface area contributed by atoms with Crippen LogP contribution < -0.4 is 11.1 Å². The molecule has 0 aliphatic heterocycles. The average molecular weight is 217 g/mol. The molecule has 3 heterocycles. The summed E-state index contributed by atoms with van der Waals surface area (Å²) in [5.41, 5.74) is 0.323. The molecule has 0 atom stereocenters. The summed E-state index contributed by atoms with van der Waals surface area (Å²) < 4.78 is 0.980. The monoisotopic (exact) mass is 217 g/mol. The normalized spacial score (nSPS) is 11.3. The summed E-state index contributed by atoms with van der Waals surface area (Å²) in [6.45, 7) is 1.72. The second-order valence-electron chi connectivity index (χ2n) is 3.47. The first-order chi connectivity index (χ1) is 7.66. The van der Waals surface area contributed by atoms with E-state index in [0.29, 0.717) is 11.3 Å². The third-order valence-corrected chi connectivity index (χ3v) is 2.33. The molecule has 0 fully saturated rings. The van der Waals surface area contributed by atoms with Gasteiger partial charge in [-0.1, -0.05) is 0 Å². The maximum atomic E-state index is 11.9. The van der Waals surface area contributed by atoms with Gasteiger partial charge in [-0.25, -0.2) is 9.38 Å². The number of nitrogens with one attached hydrogen (secondary N) is 2. The van der Waals surface area contributed by atoms with E-state index in [4.69, 9.17) is 0 Å². The van der Waals surface area contributed by atoms with E-state index in [1.54, 1.807) is 6.92 Å². The van der Waals surface area contributed by atoms with Crippen molar-refractivity contribution in [3.8, 4) is 0 Å². The zero-order valence-electron chi connectivity index (χ0n) is 8.31. The lowest BCUT2D eigenvalue weighted by molar-refractivity contribution is 0.955. The molecule has 0 saturated carbocycles. The van der Waals surface area contributed by atoms with Crippen molar-refractivity contribution in [2.24, 2.45) is 0 Å². The highest BCUT2D eigenvalue weighted by molar-refractivity contribution is 5.70. The van der Waals surface area contributed by atoms with Crippen LogP contribution in [0.3, 0.4) is 0 Å². The first-order valence-electron chi connectivity index (χ1n) is 4.62. The predicted molar refractivity (Wildman–Crippen MR) is 56.5 cm³/mol. The Hall–Kier alpha value is -2.44. The Morgan fingerprint density at radius 2 is 2.19 bits per heavy atom. The molecular weight excluding hydrogens is 210 g/mol. The molecule has 0 aliphatic carbocycles. The summed E-state index contributed by atoms with van der Waals surface area (Å²) in [6.07, 6.45) is 1.37. The molecule has 0 unspecified atom stereocenters. The van der Waals surface area contributed by atoms with Crippen LogP contribution in [0.1, 0.15) is 5.69 Å². The molecule has 3 aromatic rings. The number of fused-ring (bicyclic) bond motifs is 2. The molecule has 7 heteroatoms. The van der Waals surface area contributed by atoms with Gasteiger partial charge in [-0.05, 0) is 6.92 Å². The van der Waals surface area contributed by atoms with Crippen molar-refractivity contribution < 1.29 is 0 Å². The Bertz CT molecular complexity index is 810. The lowest BCUT2D eigenvalue weighted by Gasteiger charge is -2.00. The average Bonchev–Trinajstić information content (AvgIpc) is 2.64. The number of hydrogen-bond donors (Lipinski definition) is 2. The van der Waals surface area contributed by atoms with Crippen LogP contribution in [0.15, 0.2) is 22.0 Å². The van der Waals surface area contributed by atoms with Gasteiger partial charge in [0.25, 0.3) is 11.1 Å². The Labute approximate surface area is 87.8 Å². The minimum absolute atomic E-state index is 0.203. The topological polar surface area (TPSA) is 95.9 Å². The van der Waals surface area contributed by atoms with Crippen molar-refractivity contribution in [3.05, 3.63) is 38.8 Å². The third-order valence-electron chi connectivity index (χ3n) is 2.33. The van der Waals surface area contributed by atoms with Gasteiger partial charge in [0.15, 0.2) is 11.2 Å². The van der Waals surface area contributed by atoms with Crippen LogP contribution in [0, 0.1) is 6.92 Å². The van der Waals surface area contributed by atoms with E-state index in [-0.39, 0.29) is 11.3 Å². The van der Waals surface area contributed by atoms with E-state index in [1.807, 2.05) is 0 Å². The van der Waals surface area contributed by atoms with E-state index >= 15 is 0 Å². The fourth-order valence-corrected chi connectivity index (χ4v) is 1.64. The highest BCUT2D eigenvalue weighted by atomic mass is 16.2. The Morgan fingerprint density at radius 3 is 3.00 bits per heavy atom. The van der Waals surface area contributed by atoms with Crippen LogP contribution in [-0.2, 0) is 0 Å². The van der Waals surface area contributed by atoms with Gasteiger partial charge in [0.05, 0.1) is 6.33 Å². The van der Waals surface area contributed by atoms with Crippen molar-refractivity contribution in [1.82, 2.24) is 24.3 Å². The number of aryl methyl sites for hydroxylation is 1. The van der Waals surface area contributed by atoms with E-state index < -0.39 is 11.1 Å². The molecule has 0 aromatic carbocycles. The quantitative estimate of drug-likeness (QED) is 0.534. The van der Waals surface area contributed by atoms with Crippen molar-refractivity contribution in [2.45, 2.75) is 6.92 Å². The molecule has 3 rings (SSSR count). The second-order valence-corrected chi connectivity index (χ2v) is 3.47. The number of H-pyrrole nitrogens is 2. The summed E-state index contributed by atoms with van der Waals surface area (Å²) in [5.74, 6) is 0.203. The molecule has 3 aromatic heterocycles. The van der Waals surface area contributed by atoms with Gasteiger partial charge in [-0.15, -0.1) is 0 Å². The molecule has 7 nitrogen and oxygen atoms in total. The van der Waals surface area contributed by atoms with Crippen LogP contribution in [-0.4, -0.2) is 24.3 Å². The number of imidazole rings is 1. The Morgan fingerprint density at radius 1 is 1.38 bits per heavy atom. The highest BCUT2D eigenvalue weighted by Crippen LogP contribution is 2.00. The molecule has 0 spiro atoms. The molecule has 0 saturated heterocycles. The molecule has 0 amide bonds. The van der Waals surface area contributed by atoms with E-state index in [1.165, 1.54) is 12.4 Å². The largest absolute Gasteiger partial charge is 0.339 e. The van der Waals surface area contributed by atoms with Crippen LogP contribution in [0.2, 0.25) is 0 Å². The first kappa shape index (κ1) is 8.84. The summed E-state index contributed by atoms with van der Waals surface area (Å²) in [5, 5.41) is 0. The Balaban J connectivity index is 2.73. The lowest BCUT2D eigenvalue weighted by Crippen LogP contribution is -2.28. The highest BCUT2D eigenvalue weighted by Gasteiger charge is 2.09. The van der Waals surface area contributed by atoms with Gasteiger partial charge in [0.2, 0.25) is 5.78 Å². The minimum Gasteiger partial charge on any atom is -0.339 e. The molecule has 2 N–H and O–H groups in total. The molecule has 16 heavy (non-hydrogen) atoms. The van der Waals surface area contributed by atoms with Crippen molar-refractivity contribution in [1.29, 1.82) is 0 Å². The fourth-order valence-electron chi connectivity index (χ4n) is 1.64. The third kappa shape index (κ3) is 1.02. The van der Waals surface area contributed by atoms with Crippen molar-refractivity contribution >= 4 is 16.9 Å². The van der Waals surface area contributed by atoms with Crippen molar-refractivity contribution in [3.63, 3.8) is 0 Å². The first-order valence-corrected chi connectivity index (χ1v) is 4.62. The number of aromatic nitrogens is 5. The molecule has 0 radical (unpaired) electrons. The number of rotatable bonds is 0. The second kappa shape index (κ2) is 2.78. The zero-order valence-corrected chi connectivity index (χ0v) is 8.31. The summed E-state index contributed by atoms with van der Waals surface area (Å²) in [4.78, 5) is 37.1. The fraction of sp³-hybridized carbons (Fsp3) is 0.111. The van der Waals surface area contributed by atoms with Crippen LogP contribution in [0.4, 0.5) is 0 Å². The Kier molecular flexibility index (Phi) is 1.54.